The second-order valence-electron chi connectivity index (χ2n) is 7.54. The van der Waals surface area contributed by atoms with Gasteiger partial charge in [-0.05, 0) is 31.0 Å². The highest BCUT2D eigenvalue weighted by molar-refractivity contribution is 8.04. The highest BCUT2D eigenvalue weighted by Crippen LogP contribution is 2.30. The number of fused-ring (bicyclic) bond motifs is 1. The lowest BCUT2D eigenvalue weighted by molar-refractivity contribution is -0.117. The number of halogens is 1. The van der Waals surface area contributed by atoms with Crippen molar-refractivity contribution < 1.29 is 4.79 Å². The molecule has 2 atom stereocenters. The fourth-order valence-electron chi connectivity index (χ4n) is 4.16. The zero-order chi connectivity index (χ0) is 20.3. The Morgan fingerprint density at radius 2 is 2.10 bits per heavy atom. The number of nitrogens with one attached hydrogen (secondary N) is 3. The lowest BCUT2D eigenvalue weighted by atomic mass is 9.98. The van der Waals surface area contributed by atoms with Gasteiger partial charge in [-0.1, -0.05) is 30.3 Å². The summed E-state index contributed by atoms with van der Waals surface area (Å²) in [6.07, 6.45) is 7.53. The van der Waals surface area contributed by atoms with Crippen LogP contribution in [-0.2, 0) is 4.79 Å². The van der Waals surface area contributed by atoms with Crippen LogP contribution in [0.5, 0.6) is 0 Å². The van der Waals surface area contributed by atoms with Crippen LogP contribution in [0.1, 0.15) is 24.4 Å². The Kier molecular flexibility index (Phi) is 6.80. The maximum Gasteiger partial charge on any atom is 0.259 e. The minimum atomic E-state index is -0.0477. The number of aromatic nitrogens is 3. The first-order valence-corrected chi connectivity index (χ1v) is 11.3. The maximum atomic E-state index is 13.2. The molecule has 7 nitrogen and oxygen atoms in total. The summed E-state index contributed by atoms with van der Waals surface area (Å²) in [7, 11) is 0. The number of rotatable bonds is 5. The molecule has 2 aromatic heterocycles. The van der Waals surface area contributed by atoms with Gasteiger partial charge in [0.25, 0.3) is 5.91 Å². The molecular formula is C22H25ClN6OS. The van der Waals surface area contributed by atoms with Crippen LogP contribution < -0.4 is 15.5 Å². The molecule has 0 spiro atoms. The molecule has 4 heterocycles. The summed E-state index contributed by atoms with van der Waals surface area (Å²) in [6.45, 7) is 1.79. The first-order valence-electron chi connectivity index (χ1n) is 10.3. The number of benzene rings is 1. The normalized spacial score (nSPS) is 19.5. The van der Waals surface area contributed by atoms with Gasteiger partial charge in [0.15, 0.2) is 0 Å². The van der Waals surface area contributed by atoms with Gasteiger partial charge in [-0.2, -0.15) is 0 Å². The predicted octanol–water partition coefficient (Wildman–Crippen LogP) is 3.38. The van der Waals surface area contributed by atoms with E-state index < -0.39 is 0 Å². The van der Waals surface area contributed by atoms with Crippen LogP contribution in [0.4, 0.5) is 5.82 Å². The number of thioether (sulfide) groups is 1. The van der Waals surface area contributed by atoms with Crippen molar-refractivity contribution in [1.29, 1.82) is 0 Å². The monoisotopic (exact) mass is 456 g/mol. The number of carbonyl (C=O) groups excluding carboxylic acids is 1. The van der Waals surface area contributed by atoms with Gasteiger partial charge >= 0.3 is 0 Å². The van der Waals surface area contributed by atoms with Crippen LogP contribution in [0.2, 0.25) is 0 Å². The number of hydrogen-bond acceptors (Lipinski definition) is 6. The second-order valence-corrected chi connectivity index (χ2v) is 8.67. The lowest BCUT2D eigenvalue weighted by Crippen LogP contribution is -2.41. The van der Waals surface area contributed by atoms with Crippen molar-refractivity contribution in [3.63, 3.8) is 0 Å². The van der Waals surface area contributed by atoms with Gasteiger partial charge in [0.1, 0.15) is 17.8 Å². The van der Waals surface area contributed by atoms with Crippen LogP contribution in [-0.4, -0.2) is 45.7 Å². The minimum absolute atomic E-state index is 0. The predicted molar refractivity (Wildman–Crippen MR) is 127 cm³/mol. The van der Waals surface area contributed by atoms with Crippen molar-refractivity contribution in [2.45, 2.75) is 24.9 Å². The Bertz CT molecular complexity index is 1070. The Hall–Kier alpha value is -2.55. The zero-order valence-corrected chi connectivity index (χ0v) is 18.6. The van der Waals surface area contributed by atoms with Crippen molar-refractivity contribution in [2.75, 3.05) is 23.7 Å². The van der Waals surface area contributed by atoms with Gasteiger partial charge in [-0.3, -0.25) is 4.79 Å². The fraction of sp³-hybridized carbons (Fsp3) is 0.318. The Labute approximate surface area is 191 Å². The highest BCUT2D eigenvalue weighted by Gasteiger charge is 2.29. The molecule has 0 saturated carbocycles. The number of carbonyl (C=O) groups is 1. The molecule has 31 heavy (non-hydrogen) atoms. The molecular weight excluding hydrogens is 432 g/mol. The number of H-pyrrole nitrogens is 1. The molecule has 1 fully saturated rings. The summed E-state index contributed by atoms with van der Waals surface area (Å²) in [5, 5.41) is 7.79. The van der Waals surface area contributed by atoms with E-state index in [1.54, 1.807) is 18.1 Å². The smallest absolute Gasteiger partial charge is 0.259 e. The Morgan fingerprint density at radius 3 is 2.90 bits per heavy atom. The largest absolute Gasteiger partial charge is 0.346 e. The quantitative estimate of drug-likeness (QED) is 0.545. The summed E-state index contributed by atoms with van der Waals surface area (Å²) in [5.74, 6) is 1.61. The van der Waals surface area contributed by atoms with Gasteiger partial charge < -0.3 is 20.5 Å². The molecule has 1 unspecified atom stereocenters. The molecule has 0 bridgehead atoms. The van der Waals surface area contributed by atoms with Crippen LogP contribution in [0.25, 0.3) is 11.0 Å². The van der Waals surface area contributed by atoms with Crippen molar-refractivity contribution in [1.82, 2.24) is 25.6 Å². The average molecular weight is 457 g/mol. The van der Waals surface area contributed by atoms with E-state index in [0.717, 1.165) is 54.1 Å². The van der Waals surface area contributed by atoms with Crippen molar-refractivity contribution in [2.24, 2.45) is 0 Å². The third-order valence-electron chi connectivity index (χ3n) is 5.64. The van der Waals surface area contributed by atoms with E-state index in [1.807, 2.05) is 36.7 Å². The van der Waals surface area contributed by atoms with E-state index in [1.165, 1.54) is 0 Å². The summed E-state index contributed by atoms with van der Waals surface area (Å²) in [4.78, 5) is 27.8. The Balaban J connectivity index is 0.00000231. The van der Waals surface area contributed by atoms with E-state index in [0.29, 0.717) is 4.91 Å². The molecule has 3 aromatic rings. The maximum absolute atomic E-state index is 13.2. The molecule has 0 aliphatic carbocycles. The third kappa shape index (κ3) is 4.56. The van der Waals surface area contributed by atoms with Gasteiger partial charge in [-0.25, -0.2) is 9.97 Å². The Morgan fingerprint density at radius 1 is 1.23 bits per heavy atom. The van der Waals surface area contributed by atoms with Gasteiger partial charge in [0.2, 0.25) is 0 Å². The molecule has 3 N–H and O–H groups in total. The van der Waals surface area contributed by atoms with Gasteiger partial charge in [0, 0.05) is 30.7 Å². The first-order chi connectivity index (χ1) is 14.8. The zero-order valence-electron chi connectivity index (χ0n) is 17.0. The van der Waals surface area contributed by atoms with E-state index in [-0.39, 0.29) is 30.4 Å². The van der Waals surface area contributed by atoms with Crippen LogP contribution in [0.3, 0.4) is 0 Å². The standard InChI is InChI=1S/C22H24N6OS.ClH/c29-22(27-19(17-7-4-9-23-17)15-5-2-1-3-6-15)18-13-28(11-12-30-18)21-16-8-10-24-20(16)25-14-26-21;/h1-3,5-6,8,10,13-14,17,19,23H,4,7,9,11-12H2,(H,27,29)(H,24,25,26);1H/t17-,19?;/m1./s1. The van der Waals surface area contributed by atoms with Crippen LogP contribution >= 0.6 is 24.2 Å². The average Bonchev–Trinajstić information content (AvgIpc) is 3.50. The molecule has 1 amide bonds. The lowest BCUT2D eigenvalue weighted by Gasteiger charge is -2.28. The molecule has 5 rings (SSSR count). The summed E-state index contributed by atoms with van der Waals surface area (Å²) in [6, 6.07) is 12.4. The van der Waals surface area contributed by atoms with E-state index in [4.69, 9.17) is 0 Å². The minimum Gasteiger partial charge on any atom is -0.346 e. The van der Waals surface area contributed by atoms with Gasteiger partial charge in [0.05, 0.1) is 16.3 Å². The molecule has 2 aliphatic rings. The number of amides is 1. The number of hydrogen-bond donors (Lipinski definition) is 3. The third-order valence-corrected chi connectivity index (χ3v) is 6.63. The van der Waals surface area contributed by atoms with Crippen molar-refractivity contribution >= 4 is 46.9 Å². The molecule has 2 aliphatic heterocycles. The number of aromatic amines is 1. The molecule has 162 valence electrons. The molecule has 1 saturated heterocycles. The van der Waals surface area contributed by atoms with Crippen molar-refractivity contribution in [3.05, 3.63) is 65.6 Å². The van der Waals surface area contributed by atoms with Crippen LogP contribution in [0.15, 0.2) is 60.0 Å². The van der Waals surface area contributed by atoms with E-state index >= 15 is 0 Å². The first kappa shape index (κ1) is 21.7. The number of anilines is 1. The van der Waals surface area contributed by atoms with E-state index in [9.17, 15) is 4.79 Å². The molecule has 1 aromatic carbocycles. The summed E-state index contributed by atoms with van der Waals surface area (Å²) in [5.41, 5.74) is 1.93. The van der Waals surface area contributed by atoms with Crippen molar-refractivity contribution in [3.8, 4) is 0 Å². The van der Waals surface area contributed by atoms with Crippen LogP contribution in [0, 0.1) is 0 Å². The fourth-order valence-corrected chi connectivity index (χ4v) is 5.06. The van der Waals surface area contributed by atoms with E-state index in [2.05, 4.69) is 42.6 Å². The van der Waals surface area contributed by atoms with Gasteiger partial charge in [-0.15, -0.1) is 24.2 Å². The molecule has 0 radical (unpaired) electrons. The topological polar surface area (TPSA) is 85.9 Å². The number of nitrogens with zero attached hydrogens (tertiary/aromatic N) is 3. The summed E-state index contributed by atoms with van der Waals surface area (Å²) < 4.78 is 0. The summed E-state index contributed by atoms with van der Waals surface area (Å²) >= 11 is 1.59. The highest BCUT2D eigenvalue weighted by atomic mass is 35.5. The SMILES string of the molecule is Cl.O=C(NC(c1ccccc1)[C@H]1CCCN1)C1=CN(c2ncnc3[nH]ccc23)CCS1. The molecule has 9 heteroatoms. The second kappa shape index (κ2) is 9.72.